The molecule has 6 nitrogen and oxygen atoms in total. The molecule has 0 saturated carbocycles. The lowest BCUT2D eigenvalue weighted by atomic mass is 10.2. The van der Waals surface area contributed by atoms with E-state index < -0.39 is 0 Å². The van der Waals surface area contributed by atoms with Gasteiger partial charge in [-0.3, -0.25) is 9.89 Å². The summed E-state index contributed by atoms with van der Waals surface area (Å²) in [6.45, 7) is 13.5. The van der Waals surface area contributed by atoms with Gasteiger partial charge in [-0.05, 0) is 20.4 Å². The maximum absolute atomic E-state index is 5.88. The molecule has 7 heteroatoms. The highest BCUT2D eigenvalue weighted by Gasteiger charge is 2.19. The summed E-state index contributed by atoms with van der Waals surface area (Å²) >= 11 is 0. The molecule has 1 heterocycles. The van der Waals surface area contributed by atoms with E-state index in [4.69, 9.17) is 10.5 Å². The molecule has 2 atom stereocenters. The lowest BCUT2D eigenvalue weighted by Gasteiger charge is -2.37. The molecule has 0 spiro atoms. The third-order valence-electron chi connectivity index (χ3n) is 3.81. The highest BCUT2D eigenvalue weighted by molar-refractivity contribution is 14.0. The number of halogens is 1. The van der Waals surface area contributed by atoms with Gasteiger partial charge in [0.05, 0.1) is 13.2 Å². The number of piperazine rings is 1. The number of aliphatic imine (C=N–C) groups is 1. The van der Waals surface area contributed by atoms with Crippen LogP contribution < -0.4 is 11.1 Å². The SMILES string of the molecule is CCN1CCN(C(C)CN=C(N)NC(C)COC)CC1.I. The molecule has 1 fully saturated rings. The number of likely N-dealkylation sites (N-methyl/N-ethyl adjacent to an activating group) is 1. The van der Waals surface area contributed by atoms with Gasteiger partial charge in [0.1, 0.15) is 0 Å². The Labute approximate surface area is 146 Å². The quantitative estimate of drug-likeness (QED) is 0.363. The maximum atomic E-state index is 5.88. The second kappa shape index (κ2) is 11.4. The Morgan fingerprint density at radius 3 is 2.43 bits per heavy atom. The van der Waals surface area contributed by atoms with Crippen LogP contribution in [0.2, 0.25) is 0 Å². The second-order valence-corrected chi connectivity index (χ2v) is 5.55. The first-order valence-electron chi connectivity index (χ1n) is 7.58. The predicted octanol–water partition coefficient (Wildman–Crippen LogP) is 0.570. The minimum absolute atomic E-state index is 0. The fourth-order valence-electron chi connectivity index (χ4n) is 2.46. The molecule has 0 amide bonds. The molecule has 1 aliphatic heterocycles. The van der Waals surface area contributed by atoms with E-state index in [2.05, 4.69) is 34.0 Å². The van der Waals surface area contributed by atoms with E-state index in [-0.39, 0.29) is 30.0 Å². The molecular weight excluding hydrogens is 381 g/mol. The van der Waals surface area contributed by atoms with Crippen molar-refractivity contribution in [3.8, 4) is 0 Å². The Balaban J connectivity index is 0.00000400. The molecule has 2 unspecified atom stereocenters. The molecule has 126 valence electrons. The van der Waals surface area contributed by atoms with E-state index in [1.807, 2.05) is 6.92 Å². The molecule has 0 aromatic carbocycles. The number of hydrogen-bond acceptors (Lipinski definition) is 4. The van der Waals surface area contributed by atoms with Crippen LogP contribution in [0.1, 0.15) is 20.8 Å². The molecule has 3 N–H and O–H groups in total. The number of methoxy groups -OCH3 is 1. The largest absolute Gasteiger partial charge is 0.383 e. The number of hydrogen-bond donors (Lipinski definition) is 2. The Bertz CT molecular complexity index is 295. The summed E-state index contributed by atoms with van der Waals surface area (Å²) in [6, 6.07) is 0.624. The minimum atomic E-state index is 0. The topological polar surface area (TPSA) is 66.1 Å². The molecule has 0 bridgehead atoms. The molecule has 1 saturated heterocycles. The van der Waals surface area contributed by atoms with Gasteiger partial charge in [-0.1, -0.05) is 6.92 Å². The van der Waals surface area contributed by atoms with E-state index in [0.29, 0.717) is 18.6 Å². The third-order valence-corrected chi connectivity index (χ3v) is 3.81. The van der Waals surface area contributed by atoms with Crippen LogP contribution in [-0.2, 0) is 4.74 Å². The molecular formula is C14H32IN5O. The predicted molar refractivity (Wildman–Crippen MR) is 99.5 cm³/mol. The lowest BCUT2D eigenvalue weighted by molar-refractivity contribution is 0.109. The van der Waals surface area contributed by atoms with Gasteiger partial charge < -0.3 is 20.7 Å². The van der Waals surface area contributed by atoms with Crippen molar-refractivity contribution in [2.45, 2.75) is 32.9 Å². The van der Waals surface area contributed by atoms with Crippen molar-refractivity contribution in [3.63, 3.8) is 0 Å². The summed E-state index contributed by atoms with van der Waals surface area (Å²) in [6.07, 6.45) is 0. The van der Waals surface area contributed by atoms with Crippen molar-refractivity contribution in [2.24, 2.45) is 10.7 Å². The van der Waals surface area contributed by atoms with Crippen LogP contribution >= 0.6 is 24.0 Å². The summed E-state index contributed by atoms with van der Waals surface area (Å²) < 4.78 is 5.06. The van der Waals surface area contributed by atoms with Crippen LogP contribution in [0.4, 0.5) is 0 Å². The van der Waals surface area contributed by atoms with Crippen molar-refractivity contribution < 1.29 is 4.74 Å². The van der Waals surface area contributed by atoms with E-state index in [1.165, 1.54) is 0 Å². The first-order chi connectivity index (χ1) is 9.56. The van der Waals surface area contributed by atoms with Gasteiger partial charge in [0, 0.05) is 45.4 Å². The monoisotopic (exact) mass is 413 g/mol. The standard InChI is InChI=1S/C14H31N5O.HI/c1-5-18-6-8-19(9-7-18)13(3)10-16-14(15)17-12(2)11-20-4;/h12-13H,5-11H2,1-4H3,(H3,15,16,17);1H. The summed E-state index contributed by atoms with van der Waals surface area (Å²) in [4.78, 5) is 9.40. The van der Waals surface area contributed by atoms with Gasteiger partial charge in [-0.15, -0.1) is 24.0 Å². The highest BCUT2D eigenvalue weighted by Crippen LogP contribution is 2.06. The Morgan fingerprint density at radius 1 is 1.29 bits per heavy atom. The molecule has 0 aromatic rings. The number of nitrogens with zero attached hydrogens (tertiary/aromatic N) is 3. The fraction of sp³-hybridized carbons (Fsp3) is 0.929. The molecule has 0 radical (unpaired) electrons. The van der Waals surface area contributed by atoms with Crippen molar-refractivity contribution in [2.75, 3.05) is 53.0 Å². The third kappa shape index (κ3) is 8.18. The zero-order valence-corrected chi connectivity index (χ0v) is 16.2. The van der Waals surface area contributed by atoms with Crippen LogP contribution in [-0.4, -0.2) is 80.8 Å². The number of nitrogens with two attached hydrogens (primary N) is 1. The molecule has 21 heavy (non-hydrogen) atoms. The van der Waals surface area contributed by atoms with Crippen molar-refractivity contribution in [3.05, 3.63) is 0 Å². The van der Waals surface area contributed by atoms with Crippen LogP contribution in [0.3, 0.4) is 0 Å². The summed E-state index contributed by atoms with van der Waals surface area (Å²) in [5.74, 6) is 0.508. The average molecular weight is 413 g/mol. The molecule has 0 aliphatic carbocycles. The number of guanidine groups is 1. The van der Waals surface area contributed by atoms with Crippen molar-refractivity contribution >= 4 is 29.9 Å². The summed E-state index contributed by atoms with van der Waals surface area (Å²) in [5.41, 5.74) is 5.88. The zero-order chi connectivity index (χ0) is 15.0. The first-order valence-corrected chi connectivity index (χ1v) is 7.58. The van der Waals surface area contributed by atoms with Gasteiger partial charge >= 0.3 is 0 Å². The average Bonchev–Trinajstić information content (AvgIpc) is 2.45. The maximum Gasteiger partial charge on any atom is 0.188 e. The van der Waals surface area contributed by atoms with E-state index in [0.717, 1.165) is 39.3 Å². The Kier molecular flexibility index (Phi) is 11.4. The summed E-state index contributed by atoms with van der Waals surface area (Å²) in [7, 11) is 1.68. The van der Waals surface area contributed by atoms with Crippen molar-refractivity contribution in [1.82, 2.24) is 15.1 Å². The number of nitrogens with one attached hydrogen (secondary N) is 1. The van der Waals surface area contributed by atoms with Gasteiger partial charge in [0.2, 0.25) is 0 Å². The Hall–Kier alpha value is -0.120. The minimum Gasteiger partial charge on any atom is -0.383 e. The second-order valence-electron chi connectivity index (χ2n) is 5.55. The number of rotatable bonds is 7. The fourth-order valence-corrected chi connectivity index (χ4v) is 2.46. The normalized spacial score (nSPS) is 20.7. The van der Waals surface area contributed by atoms with E-state index >= 15 is 0 Å². The van der Waals surface area contributed by atoms with Gasteiger partial charge in [-0.2, -0.15) is 0 Å². The van der Waals surface area contributed by atoms with E-state index in [9.17, 15) is 0 Å². The molecule has 1 rings (SSSR count). The van der Waals surface area contributed by atoms with Crippen LogP contribution in [0.15, 0.2) is 4.99 Å². The first kappa shape index (κ1) is 20.9. The molecule has 1 aliphatic rings. The van der Waals surface area contributed by atoms with E-state index in [1.54, 1.807) is 7.11 Å². The summed E-state index contributed by atoms with van der Waals surface area (Å²) in [5, 5.41) is 3.13. The van der Waals surface area contributed by atoms with Crippen LogP contribution in [0.25, 0.3) is 0 Å². The molecule has 0 aromatic heterocycles. The number of ether oxygens (including phenoxy) is 1. The van der Waals surface area contributed by atoms with Crippen LogP contribution in [0, 0.1) is 0 Å². The van der Waals surface area contributed by atoms with Gasteiger partial charge in [0.15, 0.2) is 5.96 Å². The van der Waals surface area contributed by atoms with Crippen molar-refractivity contribution in [1.29, 1.82) is 0 Å². The van der Waals surface area contributed by atoms with Gasteiger partial charge in [0.25, 0.3) is 0 Å². The van der Waals surface area contributed by atoms with Crippen LogP contribution in [0.5, 0.6) is 0 Å². The highest BCUT2D eigenvalue weighted by atomic mass is 127. The lowest BCUT2D eigenvalue weighted by Crippen LogP contribution is -2.50. The van der Waals surface area contributed by atoms with Gasteiger partial charge in [-0.25, -0.2) is 0 Å². The zero-order valence-electron chi connectivity index (χ0n) is 13.8. The smallest absolute Gasteiger partial charge is 0.188 e. The Morgan fingerprint density at radius 2 is 1.90 bits per heavy atom.